The van der Waals surface area contributed by atoms with Gasteiger partial charge in [0.1, 0.15) is 6.04 Å². The Morgan fingerprint density at radius 2 is 2.06 bits per heavy atom. The molecular weight excluding hydrogens is 236 g/mol. The number of benzene rings is 1. The van der Waals surface area contributed by atoms with E-state index >= 15 is 0 Å². The molecular formula is C10H11F2NO2S. The molecule has 0 saturated carbocycles. The van der Waals surface area contributed by atoms with Crippen LogP contribution >= 0.6 is 11.8 Å². The molecule has 0 radical (unpaired) electrons. The highest BCUT2D eigenvalue weighted by molar-refractivity contribution is 7.99. The van der Waals surface area contributed by atoms with Crippen molar-refractivity contribution >= 4 is 17.7 Å². The van der Waals surface area contributed by atoms with Crippen LogP contribution in [0, 0.1) is 0 Å². The van der Waals surface area contributed by atoms with Gasteiger partial charge >= 0.3 is 5.97 Å². The van der Waals surface area contributed by atoms with Crippen molar-refractivity contribution < 1.29 is 18.7 Å². The van der Waals surface area contributed by atoms with Crippen LogP contribution in [0.15, 0.2) is 29.2 Å². The Bertz CT molecular complexity index is 374. The number of hydrogen-bond acceptors (Lipinski definition) is 3. The van der Waals surface area contributed by atoms with Crippen molar-refractivity contribution in [1.82, 2.24) is 0 Å². The summed E-state index contributed by atoms with van der Waals surface area (Å²) in [5.41, 5.74) is 5.88. The van der Waals surface area contributed by atoms with Crippen molar-refractivity contribution in [1.29, 1.82) is 0 Å². The third kappa shape index (κ3) is 3.79. The van der Waals surface area contributed by atoms with Gasteiger partial charge in [-0.3, -0.25) is 4.79 Å². The highest BCUT2D eigenvalue weighted by Gasteiger charge is 2.16. The molecule has 0 fully saturated rings. The topological polar surface area (TPSA) is 63.3 Å². The van der Waals surface area contributed by atoms with E-state index in [0.29, 0.717) is 22.2 Å². The minimum absolute atomic E-state index is 0.0469. The fourth-order valence-electron chi connectivity index (χ4n) is 1.21. The summed E-state index contributed by atoms with van der Waals surface area (Å²) in [6.07, 6.45) is 0.0469. The summed E-state index contributed by atoms with van der Waals surface area (Å²) < 4.78 is 24.4. The van der Waals surface area contributed by atoms with E-state index in [4.69, 9.17) is 10.8 Å². The van der Waals surface area contributed by atoms with Crippen LogP contribution in [0.1, 0.15) is 5.56 Å². The lowest BCUT2D eigenvalue weighted by molar-refractivity contribution is -0.138. The van der Waals surface area contributed by atoms with Gasteiger partial charge in [0.2, 0.25) is 0 Å². The lowest BCUT2D eigenvalue weighted by Crippen LogP contribution is -2.32. The van der Waals surface area contributed by atoms with Gasteiger partial charge in [-0.15, -0.1) is 0 Å². The van der Waals surface area contributed by atoms with Gasteiger partial charge in [0.25, 0.3) is 5.76 Å². The number of aliphatic carboxylic acids is 1. The highest BCUT2D eigenvalue weighted by atomic mass is 32.2. The predicted octanol–water partition coefficient (Wildman–Crippen LogP) is 1.96. The van der Waals surface area contributed by atoms with E-state index in [1.807, 2.05) is 0 Å². The highest BCUT2D eigenvalue weighted by Crippen LogP contribution is 2.28. The molecule has 0 aliphatic heterocycles. The fraction of sp³-hybridized carbons (Fsp3) is 0.300. The number of carboxylic acids is 1. The van der Waals surface area contributed by atoms with Crippen LogP contribution in [0.25, 0.3) is 0 Å². The van der Waals surface area contributed by atoms with Crippen molar-refractivity contribution in [3.05, 3.63) is 29.8 Å². The van der Waals surface area contributed by atoms with Gasteiger partial charge in [0, 0.05) is 4.90 Å². The molecule has 0 heterocycles. The summed E-state index contributed by atoms with van der Waals surface area (Å²) in [4.78, 5) is 10.9. The number of carbonyl (C=O) groups is 1. The fourth-order valence-corrected chi connectivity index (χ4v) is 1.86. The third-order valence-electron chi connectivity index (χ3n) is 1.95. The van der Waals surface area contributed by atoms with Gasteiger partial charge in [-0.2, -0.15) is 8.78 Å². The molecule has 1 aromatic carbocycles. The molecule has 3 nitrogen and oxygen atoms in total. The van der Waals surface area contributed by atoms with Crippen LogP contribution in [-0.4, -0.2) is 22.9 Å². The molecule has 88 valence electrons. The van der Waals surface area contributed by atoms with Crippen molar-refractivity contribution in [2.24, 2.45) is 5.73 Å². The first-order valence-electron chi connectivity index (χ1n) is 4.52. The molecule has 1 atom stereocenters. The Labute approximate surface area is 95.6 Å². The zero-order valence-electron chi connectivity index (χ0n) is 8.27. The number of nitrogens with two attached hydrogens (primary N) is 1. The standard InChI is InChI=1S/C10H11F2NO2S/c11-10(12)16-8-4-2-1-3-6(8)5-7(13)9(14)15/h1-4,7,10H,5,13H2,(H,14,15). The van der Waals surface area contributed by atoms with Crippen molar-refractivity contribution in [3.8, 4) is 0 Å². The maximum absolute atomic E-state index is 12.2. The number of halogens is 2. The summed E-state index contributed by atoms with van der Waals surface area (Å²) in [6, 6.07) is 5.35. The van der Waals surface area contributed by atoms with Gasteiger partial charge in [-0.25, -0.2) is 0 Å². The van der Waals surface area contributed by atoms with Crippen LogP contribution in [-0.2, 0) is 11.2 Å². The van der Waals surface area contributed by atoms with E-state index in [1.165, 1.54) is 6.07 Å². The average Bonchev–Trinajstić information content (AvgIpc) is 2.20. The predicted molar refractivity (Wildman–Crippen MR) is 57.6 cm³/mol. The van der Waals surface area contributed by atoms with Gasteiger partial charge in [0.05, 0.1) is 0 Å². The summed E-state index contributed by atoms with van der Waals surface area (Å²) in [5.74, 6) is -3.67. The van der Waals surface area contributed by atoms with Crippen LogP contribution in [0.4, 0.5) is 8.78 Å². The first-order chi connectivity index (χ1) is 7.50. The number of rotatable bonds is 5. The number of hydrogen-bond donors (Lipinski definition) is 2. The number of alkyl halides is 2. The van der Waals surface area contributed by atoms with Gasteiger partial charge in [-0.1, -0.05) is 30.0 Å². The molecule has 0 amide bonds. The minimum atomic E-state index is -2.53. The first kappa shape index (κ1) is 12.9. The molecule has 0 bridgehead atoms. The Morgan fingerprint density at radius 1 is 1.44 bits per heavy atom. The average molecular weight is 247 g/mol. The van der Waals surface area contributed by atoms with E-state index in [1.54, 1.807) is 18.2 Å². The van der Waals surface area contributed by atoms with Gasteiger partial charge < -0.3 is 10.8 Å². The Kier molecular flexibility index (Phi) is 4.70. The lowest BCUT2D eigenvalue weighted by Gasteiger charge is -2.10. The summed E-state index contributed by atoms with van der Waals surface area (Å²) in [7, 11) is 0. The Morgan fingerprint density at radius 3 is 2.62 bits per heavy atom. The maximum Gasteiger partial charge on any atom is 0.320 e. The summed E-state index contributed by atoms with van der Waals surface area (Å²) >= 11 is 0.397. The monoisotopic (exact) mass is 247 g/mol. The first-order valence-corrected chi connectivity index (χ1v) is 5.39. The van der Waals surface area contributed by atoms with Crippen LogP contribution in [0.5, 0.6) is 0 Å². The second-order valence-electron chi connectivity index (χ2n) is 3.14. The molecule has 0 saturated heterocycles. The van der Waals surface area contributed by atoms with E-state index in [9.17, 15) is 13.6 Å². The molecule has 3 N–H and O–H groups in total. The summed E-state index contributed by atoms with van der Waals surface area (Å²) in [6.45, 7) is 0. The lowest BCUT2D eigenvalue weighted by atomic mass is 10.1. The quantitative estimate of drug-likeness (QED) is 0.781. The molecule has 16 heavy (non-hydrogen) atoms. The molecule has 1 rings (SSSR count). The van der Waals surface area contributed by atoms with E-state index in [2.05, 4.69) is 0 Å². The number of carboxylic acid groups (broad SMARTS) is 1. The normalized spacial score (nSPS) is 12.8. The SMILES string of the molecule is NC(Cc1ccccc1SC(F)F)C(=O)O. The molecule has 6 heteroatoms. The van der Waals surface area contributed by atoms with Crippen molar-refractivity contribution in [2.45, 2.75) is 23.1 Å². The molecule has 0 aromatic heterocycles. The second-order valence-corrected chi connectivity index (χ2v) is 4.17. The Balaban J connectivity index is 2.82. The van der Waals surface area contributed by atoms with Crippen molar-refractivity contribution in [2.75, 3.05) is 0 Å². The van der Waals surface area contributed by atoms with Crippen molar-refractivity contribution in [3.63, 3.8) is 0 Å². The third-order valence-corrected chi connectivity index (χ3v) is 2.78. The van der Waals surface area contributed by atoms with E-state index < -0.39 is 17.8 Å². The van der Waals surface area contributed by atoms with Crippen LogP contribution in [0.3, 0.4) is 0 Å². The zero-order chi connectivity index (χ0) is 12.1. The molecule has 0 aliphatic carbocycles. The molecule has 0 aliphatic rings. The molecule has 1 unspecified atom stereocenters. The van der Waals surface area contributed by atoms with Crippen LogP contribution < -0.4 is 5.73 Å². The second kappa shape index (κ2) is 5.81. The van der Waals surface area contributed by atoms with Gasteiger partial charge in [0.15, 0.2) is 0 Å². The minimum Gasteiger partial charge on any atom is -0.480 e. The van der Waals surface area contributed by atoms with E-state index in [0.717, 1.165) is 0 Å². The smallest absolute Gasteiger partial charge is 0.320 e. The van der Waals surface area contributed by atoms with Gasteiger partial charge in [-0.05, 0) is 18.1 Å². The Hall–Kier alpha value is -1.14. The van der Waals surface area contributed by atoms with Crippen LogP contribution in [0.2, 0.25) is 0 Å². The molecule has 0 spiro atoms. The maximum atomic E-state index is 12.2. The zero-order valence-corrected chi connectivity index (χ0v) is 9.08. The number of thioether (sulfide) groups is 1. The van der Waals surface area contributed by atoms with E-state index in [-0.39, 0.29) is 6.42 Å². The molecule has 1 aromatic rings. The summed E-state index contributed by atoms with van der Waals surface area (Å²) in [5, 5.41) is 8.64. The largest absolute Gasteiger partial charge is 0.480 e.